The summed E-state index contributed by atoms with van der Waals surface area (Å²) < 4.78 is 5.19. The molecular weight excluding hydrogens is 408 g/mol. The Labute approximate surface area is 188 Å². The van der Waals surface area contributed by atoms with Gasteiger partial charge in [-0.05, 0) is 30.5 Å². The number of furan rings is 1. The molecule has 4 rings (SSSR count). The minimum absolute atomic E-state index is 0.112. The van der Waals surface area contributed by atoms with Gasteiger partial charge < -0.3 is 19.5 Å². The Kier molecular flexibility index (Phi) is 7.21. The molecule has 0 bridgehead atoms. The van der Waals surface area contributed by atoms with Crippen molar-refractivity contribution in [3.05, 3.63) is 60.1 Å². The minimum atomic E-state index is -0.687. The van der Waals surface area contributed by atoms with E-state index in [0.29, 0.717) is 39.1 Å². The highest BCUT2D eigenvalue weighted by atomic mass is 16.3. The van der Waals surface area contributed by atoms with E-state index < -0.39 is 11.9 Å². The van der Waals surface area contributed by atoms with Crippen LogP contribution in [0, 0.1) is 0 Å². The minimum Gasteiger partial charge on any atom is -0.459 e. The summed E-state index contributed by atoms with van der Waals surface area (Å²) in [5.41, 5.74) is 0.973. The number of likely N-dealkylation sites (tertiary alicyclic amines) is 1. The first-order valence-corrected chi connectivity index (χ1v) is 11.3. The normalized spacial score (nSPS) is 17.9. The number of hydrogen-bond donors (Lipinski definition) is 1. The number of nitrogens with zero attached hydrogens (tertiary/aromatic N) is 3. The van der Waals surface area contributed by atoms with Crippen molar-refractivity contribution in [2.45, 2.75) is 25.3 Å². The third kappa shape index (κ3) is 5.56. The molecule has 2 fully saturated rings. The zero-order valence-corrected chi connectivity index (χ0v) is 18.2. The topological polar surface area (TPSA) is 86.1 Å². The van der Waals surface area contributed by atoms with E-state index in [-0.39, 0.29) is 17.6 Å². The average molecular weight is 439 g/mol. The van der Waals surface area contributed by atoms with Crippen LogP contribution in [0.3, 0.4) is 0 Å². The monoisotopic (exact) mass is 438 g/mol. The quantitative estimate of drug-likeness (QED) is 0.706. The Morgan fingerprint density at radius 3 is 2.25 bits per heavy atom. The molecule has 0 spiro atoms. The fourth-order valence-electron chi connectivity index (χ4n) is 4.29. The maximum atomic E-state index is 13.3. The second kappa shape index (κ2) is 10.5. The molecule has 1 aromatic heterocycles. The van der Waals surface area contributed by atoms with Gasteiger partial charge in [0.2, 0.25) is 11.8 Å². The first kappa shape index (κ1) is 22.1. The summed E-state index contributed by atoms with van der Waals surface area (Å²) in [5, 5.41) is 2.85. The molecule has 8 heteroatoms. The van der Waals surface area contributed by atoms with Crippen LogP contribution >= 0.6 is 0 Å². The molecule has 1 atom stereocenters. The fourth-order valence-corrected chi connectivity index (χ4v) is 4.29. The van der Waals surface area contributed by atoms with Crippen LogP contribution in [0.15, 0.2) is 53.1 Å². The summed E-state index contributed by atoms with van der Waals surface area (Å²) in [5.74, 6) is -0.158. The third-order valence-electron chi connectivity index (χ3n) is 6.13. The lowest BCUT2D eigenvalue weighted by Gasteiger charge is -2.36. The lowest BCUT2D eigenvalue weighted by Crippen LogP contribution is -2.56. The predicted octanol–water partition coefficient (Wildman–Crippen LogP) is 1.39. The maximum absolute atomic E-state index is 13.3. The lowest BCUT2D eigenvalue weighted by molar-refractivity contribution is -0.136. The van der Waals surface area contributed by atoms with Crippen LogP contribution in [-0.2, 0) is 16.0 Å². The van der Waals surface area contributed by atoms with Gasteiger partial charge in [0.25, 0.3) is 5.91 Å². The summed E-state index contributed by atoms with van der Waals surface area (Å²) in [7, 11) is 0. The van der Waals surface area contributed by atoms with E-state index in [2.05, 4.69) is 10.2 Å². The Morgan fingerprint density at radius 2 is 1.59 bits per heavy atom. The molecule has 2 aliphatic heterocycles. The van der Waals surface area contributed by atoms with Gasteiger partial charge in [-0.3, -0.25) is 19.3 Å². The van der Waals surface area contributed by atoms with Gasteiger partial charge in [0, 0.05) is 45.7 Å². The molecule has 32 heavy (non-hydrogen) atoms. The van der Waals surface area contributed by atoms with Gasteiger partial charge in [0.1, 0.15) is 6.04 Å². The SMILES string of the molecule is O=C(NC(Cc1ccccc1)C(=O)N1CCN(CC(=O)N2CCCC2)CC1)c1ccco1. The highest BCUT2D eigenvalue weighted by molar-refractivity contribution is 5.95. The molecule has 2 aromatic rings. The Morgan fingerprint density at radius 1 is 0.875 bits per heavy atom. The van der Waals surface area contributed by atoms with Crippen LogP contribution in [0.4, 0.5) is 0 Å². The Bertz CT molecular complexity index is 901. The summed E-state index contributed by atoms with van der Waals surface area (Å²) in [4.78, 5) is 44.1. The molecule has 1 N–H and O–H groups in total. The standard InChI is InChI=1S/C24H30N4O4/c29-22(27-10-4-5-11-27)18-26-12-14-28(15-13-26)24(31)20(17-19-7-2-1-3-8-19)25-23(30)21-9-6-16-32-21/h1-3,6-9,16,20H,4-5,10-15,17-18H2,(H,25,30). The van der Waals surface area contributed by atoms with Crippen molar-refractivity contribution in [2.75, 3.05) is 45.8 Å². The number of rotatable bonds is 7. The van der Waals surface area contributed by atoms with E-state index in [9.17, 15) is 14.4 Å². The van der Waals surface area contributed by atoms with Crippen LogP contribution in [0.5, 0.6) is 0 Å². The van der Waals surface area contributed by atoms with E-state index >= 15 is 0 Å². The average Bonchev–Trinajstić information content (AvgIpc) is 3.54. The van der Waals surface area contributed by atoms with Gasteiger partial charge in [-0.15, -0.1) is 0 Å². The molecule has 170 valence electrons. The molecule has 0 radical (unpaired) electrons. The summed E-state index contributed by atoms with van der Waals surface area (Å²) in [6.07, 6.45) is 4.01. The van der Waals surface area contributed by atoms with Crippen molar-refractivity contribution in [3.63, 3.8) is 0 Å². The number of benzene rings is 1. The van der Waals surface area contributed by atoms with Crippen LogP contribution in [0.2, 0.25) is 0 Å². The molecule has 8 nitrogen and oxygen atoms in total. The van der Waals surface area contributed by atoms with Gasteiger partial charge in [-0.2, -0.15) is 0 Å². The molecule has 3 heterocycles. The van der Waals surface area contributed by atoms with Crippen LogP contribution < -0.4 is 5.32 Å². The number of piperazine rings is 1. The molecule has 1 aromatic carbocycles. The summed E-state index contributed by atoms with van der Waals surface area (Å²) in [6, 6.07) is 12.2. The smallest absolute Gasteiger partial charge is 0.287 e. The van der Waals surface area contributed by atoms with Gasteiger partial charge in [-0.1, -0.05) is 30.3 Å². The number of nitrogens with one attached hydrogen (secondary N) is 1. The van der Waals surface area contributed by atoms with E-state index in [4.69, 9.17) is 4.42 Å². The summed E-state index contributed by atoms with van der Waals surface area (Å²) in [6.45, 7) is 4.49. The number of amides is 3. The molecule has 3 amide bonds. The lowest BCUT2D eigenvalue weighted by atomic mass is 10.0. The van der Waals surface area contributed by atoms with Gasteiger partial charge in [-0.25, -0.2) is 0 Å². The van der Waals surface area contributed by atoms with Gasteiger partial charge in [0.05, 0.1) is 12.8 Å². The van der Waals surface area contributed by atoms with E-state index in [0.717, 1.165) is 31.5 Å². The largest absolute Gasteiger partial charge is 0.459 e. The molecule has 2 aliphatic rings. The van der Waals surface area contributed by atoms with Crippen LogP contribution in [0.1, 0.15) is 29.0 Å². The zero-order valence-electron chi connectivity index (χ0n) is 18.2. The highest BCUT2D eigenvalue weighted by Gasteiger charge is 2.30. The molecule has 2 saturated heterocycles. The fraction of sp³-hybridized carbons (Fsp3) is 0.458. The van der Waals surface area contributed by atoms with Crippen LogP contribution in [0.25, 0.3) is 0 Å². The van der Waals surface area contributed by atoms with E-state index in [1.165, 1.54) is 6.26 Å². The predicted molar refractivity (Wildman–Crippen MR) is 119 cm³/mol. The Hall–Kier alpha value is -3.13. The van der Waals surface area contributed by atoms with Crippen molar-refractivity contribution in [2.24, 2.45) is 0 Å². The first-order valence-electron chi connectivity index (χ1n) is 11.3. The summed E-state index contributed by atoms with van der Waals surface area (Å²) >= 11 is 0. The molecular formula is C24H30N4O4. The number of carbonyl (C=O) groups is 3. The second-order valence-electron chi connectivity index (χ2n) is 8.38. The maximum Gasteiger partial charge on any atom is 0.287 e. The van der Waals surface area contributed by atoms with E-state index in [1.807, 2.05) is 35.2 Å². The van der Waals surface area contributed by atoms with Crippen LogP contribution in [-0.4, -0.2) is 84.3 Å². The number of hydrogen-bond acceptors (Lipinski definition) is 5. The van der Waals surface area contributed by atoms with E-state index in [1.54, 1.807) is 17.0 Å². The van der Waals surface area contributed by atoms with Crippen molar-refractivity contribution in [1.29, 1.82) is 0 Å². The van der Waals surface area contributed by atoms with Crippen molar-refractivity contribution < 1.29 is 18.8 Å². The molecule has 1 unspecified atom stereocenters. The molecule has 0 aliphatic carbocycles. The van der Waals surface area contributed by atoms with Crippen molar-refractivity contribution in [3.8, 4) is 0 Å². The van der Waals surface area contributed by atoms with Crippen molar-refractivity contribution >= 4 is 17.7 Å². The van der Waals surface area contributed by atoms with Crippen molar-refractivity contribution in [1.82, 2.24) is 20.0 Å². The van der Waals surface area contributed by atoms with Gasteiger partial charge >= 0.3 is 0 Å². The Balaban J connectivity index is 1.36. The first-order chi connectivity index (χ1) is 15.6. The second-order valence-corrected chi connectivity index (χ2v) is 8.38. The third-order valence-corrected chi connectivity index (χ3v) is 6.13. The zero-order chi connectivity index (χ0) is 22.3. The number of carbonyl (C=O) groups excluding carboxylic acids is 3. The van der Waals surface area contributed by atoms with Gasteiger partial charge in [0.15, 0.2) is 5.76 Å². The highest BCUT2D eigenvalue weighted by Crippen LogP contribution is 2.12. The molecule has 0 saturated carbocycles.